The quantitative estimate of drug-likeness (QED) is 0.319. The van der Waals surface area contributed by atoms with Gasteiger partial charge in [0.05, 0.1) is 34.8 Å². The summed E-state index contributed by atoms with van der Waals surface area (Å²) in [5, 5.41) is 9.53. The standard InChI is InChI=1S/C24H29F3N8O6S2/c1-32-17-15(33-3-5-34(6-4-33)20(36)24(40-2)10-28-11-24)7-14(43(38,39)31-23(9-25)12-41-13-23)8-16(17)35(22(32)37)21-30-29-19(42-21)18(26)27/h7-8,18,28,31H,3-6,9-13H2,1-2H3. The maximum atomic E-state index is 13.8. The van der Waals surface area contributed by atoms with E-state index >= 15 is 0 Å². The first-order chi connectivity index (χ1) is 20.4. The van der Waals surface area contributed by atoms with E-state index in [2.05, 4.69) is 20.2 Å². The van der Waals surface area contributed by atoms with E-state index in [1.165, 1.54) is 30.9 Å². The molecule has 43 heavy (non-hydrogen) atoms. The molecule has 2 aromatic heterocycles. The lowest BCUT2D eigenvalue weighted by molar-refractivity contribution is -0.161. The molecule has 2 N–H and O–H groups in total. The topological polar surface area (TPSA) is 153 Å². The molecule has 5 heterocycles. The SMILES string of the molecule is COC1(C(=O)N2CCN(c3cc(S(=O)(=O)NC4(CF)COC4)cc4c3n(C)c(=O)n4-c3nnc(C(F)F)s3)CC2)CNC1. The third-order valence-electron chi connectivity index (χ3n) is 8.09. The monoisotopic (exact) mass is 646 g/mol. The van der Waals surface area contributed by atoms with E-state index in [9.17, 15) is 31.2 Å². The van der Waals surface area contributed by atoms with Gasteiger partial charge >= 0.3 is 5.69 Å². The predicted octanol–water partition coefficient (Wildman–Crippen LogP) is -0.228. The number of nitrogens with one attached hydrogen (secondary N) is 2. The van der Waals surface area contributed by atoms with E-state index in [4.69, 9.17) is 9.47 Å². The lowest BCUT2D eigenvalue weighted by atomic mass is 9.94. The summed E-state index contributed by atoms with van der Waals surface area (Å²) in [7, 11) is -1.40. The fourth-order valence-corrected chi connectivity index (χ4v) is 7.56. The summed E-state index contributed by atoms with van der Waals surface area (Å²) in [6, 6.07) is 2.61. The van der Waals surface area contributed by atoms with E-state index < -0.39 is 45.0 Å². The average molecular weight is 647 g/mol. The van der Waals surface area contributed by atoms with Crippen molar-refractivity contribution in [1.82, 2.24) is 34.3 Å². The minimum Gasteiger partial charge on any atom is -0.377 e. The van der Waals surface area contributed by atoms with Crippen molar-refractivity contribution in [3.63, 3.8) is 0 Å². The van der Waals surface area contributed by atoms with Crippen molar-refractivity contribution in [2.24, 2.45) is 7.05 Å². The highest BCUT2D eigenvalue weighted by Gasteiger charge is 2.47. The van der Waals surface area contributed by atoms with Crippen LogP contribution >= 0.6 is 11.3 Å². The van der Waals surface area contributed by atoms with E-state index in [1.807, 2.05) is 4.90 Å². The number of benzene rings is 1. The van der Waals surface area contributed by atoms with E-state index in [0.717, 1.165) is 4.57 Å². The highest BCUT2D eigenvalue weighted by atomic mass is 32.2. The van der Waals surface area contributed by atoms with Crippen molar-refractivity contribution in [3.8, 4) is 5.13 Å². The van der Waals surface area contributed by atoms with Gasteiger partial charge in [0.1, 0.15) is 12.2 Å². The summed E-state index contributed by atoms with van der Waals surface area (Å²) in [4.78, 5) is 29.9. The second-order valence-electron chi connectivity index (χ2n) is 10.8. The Morgan fingerprint density at radius 3 is 2.42 bits per heavy atom. The first kappa shape index (κ1) is 29.9. The number of anilines is 1. The molecule has 0 atom stereocenters. The van der Waals surface area contributed by atoms with Crippen molar-refractivity contribution in [3.05, 3.63) is 27.6 Å². The second kappa shape index (κ2) is 10.8. The van der Waals surface area contributed by atoms with Crippen molar-refractivity contribution >= 4 is 44.0 Å². The van der Waals surface area contributed by atoms with Crippen molar-refractivity contribution in [2.75, 3.05) is 71.2 Å². The minimum atomic E-state index is -4.36. The number of methoxy groups -OCH3 is 1. The normalized spacial score (nSPS) is 20.0. The number of fused-ring (bicyclic) bond motifs is 1. The third-order valence-corrected chi connectivity index (χ3v) is 10.6. The van der Waals surface area contributed by atoms with Crippen LogP contribution in [-0.4, -0.2) is 116 Å². The van der Waals surface area contributed by atoms with Gasteiger partial charge in [0.2, 0.25) is 15.2 Å². The summed E-state index contributed by atoms with van der Waals surface area (Å²) >= 11 is 0.505. The Bertz CT molecular complexity index is 1710. The van der Waals surface area contributed by atoms with Gasteiger partial charge in [0, 0.05) is 53.4 Å². The van der Waals surface area contributed by atoms with Crippen molar-refractivity contribution in [1.29, 1.82) is 0 Å². The van der Waals surface area contributed by atoms with E-state index in [0.29, 0.717) is 61.8 Å². The van der Waals surface area contributed by atoms with Crippen LogP contribution in [0.1, 0.15) is 11.4 Å². The van der Waals surface area contributed by atoms with Gasteiger partial charge in [-0.3, -0.25) is 9.36 Å². The Kier molecular flexibility index (Phi) is 7.53. The van der Waals surface area contributed by atoms with E-state index in [1.54, 1.807) is 4.90 Å². The number of ether oxygens (including phenoxy) is 2. The molecule has 3 fully saturated rings. The number of piperazine rings is 1. The molecule has 1 aromatic carbocycles. The molecule has 234 valence electrons. The second-order valence-corrected chi connectivity index (χ2v) is 13.5. The fourth-order valence-electron chi connectivity index (χ4n) is 5.46. The van der Waals surface area contributed by atoms with Gasteiger partial charge in [-0.15, -0.1) is 10.2 Å². The molecule has 0 radical (unpaired) electrons. The molecule has 14 nitrogen and oxygen atoms in total. The number of sulfonamides is 1. The molecule has 0 saturated carbocycles. The predicted molar refractivity (Wildman–Crippen MR) is 148 cm³/mol. The Morgan fingerprint density at radius 2 is 1.91 bits per heavy atom. The number of alkyl halides is 3. The molecule has 0 spiro atoms. The number of hydrogen-bond acceptors (Lipinski definition) is 11. The molecular weight excluding hydrogens is 617 g/mol. The maximum Gasteiger partial charge on any atom is 0.335 e. The van der Waals surface area contributed by atoms with Gasteiger partial charge in [-0.25, -0.2) is 31.0 Å². The number of imidazole rings is 1. The minimum absolute atomic E-state index is 0.0823. The molecule has 3 aliphatic heterocycles. The molecule has 3 aromatic rings. The molecule has 6 rings (SSSR count). The van der Waals surface area contributed by atoms with Crippen molar-refractivity contribution < 1.29 is 35.9 Å². The number of carbonyl (C=O) groups excluding carboxylic acids is 1. The Morgan fingerprint density at radius 1 is 1.21 bits per heavy atom. The number of carbonyl (C=O) groups is 1. The fraction of sp³-hybridized carbons (Fsp3) is 0.583. The number of aryl methyl sites for hydroxylation is 1. The number of halogens is 3. The largest absolute Gasteiger partial charge is 0.377 e. The summed E-state index contributed by atoms with van der Waals surface area (Å²) in [5.41, 5.74) is -2.24. The van der Waals surface area contributed by atoms with E-state index in [-0.39, 0.29) is 34.7 Å². The number of nitrogens with zero attached hydrogens (tertiary/aromatic N) is 6. The van der Waals surface area contributed by atoms with Crippen LogP contribution in [0.4, 0.5) is 18.9 Å². The van der Waals surface area contributed by atoms with Crippen molar-refractivity contribution in [2.45, 2.75) is 22.5 Å². The Hall–Kier alpha value is -3.10. The summed E-state index contributed by atoms with van der Waals surface area (Å²) in [6.07, 6.45) is -2.92. The molecule has 0 bridgehead atoms. The van der Waals surface area contributed by atoms with Crippen LogP contribution in [0.5, 0.6) is 0 Å². The molecule has 19 heteroatoms. The van der Waals surface area contributed by atoms with Gasteiger partial charge in [-0.2, -0.15) is 4.72 Å². The van der Waals surface area contributed by atoms with Crippen LogP contribution in [0.2, 0.25) is 0 Å². The molecular formula is C24H29F3N8O6S2. The number of hydrogen-bond donors (Lipinski definition) is 2. The average Bonchev–Trinajstić information content (AvgIpc) is 3.53. The van der Waals surface area contributed by atoms with Crippen LogP contribution in [-0.2, 0) is 31.3 Å². The first-order valence-electron chi connectivity index (χ1n) is 13.3. The smallest absolute Gasteiger partial charge is 0.335 e. The van der Waals surface area contributed by atoms with Gasteiger partial charge in [-0.05, 0) is 12.1 Å². The highest BCUT2D eigenvalue weighted by Crippen LogP contribution is 2.34. The molecule has 0 unspecified atom stereocenters. The van der Waals surface area contributed by atoms with Crippen LogP contribution < -0.4 is 20.6 Å². The first-order valence-corrected chi connectivity index (χ1v) is 15.6. The van der Waals surface area contributed by atoms with Gasteiger partial charge in [0.15, 0.2) is 10.6 Å². The summed E-state index contributed by atoms with van der Waals surface area (Å²) < 4.78 is 82.9. The third kappa shape index (κ3) is 4.91. The number of rotatable bonds is 9. The summed E-state index contributed by atoms with van der Waals surface area (Å²) in [6.45, 7) is 0.686. The number of amides is 1. The molecule has 1 amide bonds. The van der Waals surface area contributed by atoms with Gasteiger partial charge in [-0.1, -0.05) is 11.3 Å². The zero-order valence-electron chi connectivity index (χ0n) is 23.2. The Labute approximate surface area is 247 Å². The van der Waals surface area contributed by atoms with Crippen LogP contribution in [0, 0.1) is 0 Å². The van der Waals surface area contributed by atoms with Crippen LogP contribution in [0.3, 0.4) is 0 Å². The zero-order valence-corrected chi connectivity index (χ0v) is 24.8. The molecule has 3 aliphatic rings. The lowest BCUT2D eigenvalue weighted by Crippen LogP contribution is -2.70. The Balaban J connectivity index is 1.43. The number of aromatic nitrogens is 4. The zero-order chi connectivity index (χ0) is 30.7. The molecule has 0 aliphatic carbocycles. The molecule has 3 saturated heterocycles. The summed E-state index contributed by atoms with van der Waals surface area (Å²) in [5.74, 6) is -0.150. The van der Waals surface area contributed by atoms with Gasteiger partial charge in [0.25, 0.3) is 12.3 Å². The van der Waals surface area contributed by atoms with Gasteiger partial charge < -0.3 is 24.6 Å². The van der Waals surface area contributed by atoms with Crippen LogP contribution in [0.15, 0.2) is 21.8 Å². The lowest BCUT2D eigenvalue weighted by Gasteiger charge is -2.45. The van der Waals surface area contributed by atoms with Crippen LogP contribution in [0.25, 0.3) is 16.2 Å². The maximum absolute atomic E-state index is 13.8. The highest BCUT2D eigenvalue weighted by molar-refractivity contribution is 7.89.